The quantitative estimate of drug-likeness (QED) is 0.559. The Bertz CT molecular complexity index is 1170. The Kier molecular flexibility index (Phi) is 6.73. The van der Waals surface area contributed by atoms with Crippen LogP contribution in [0.4, 0.5) is 5.82 Å². The van der Waals surface area contributed by atoms with Gasteiger partial charge in [-0.05, 0) is 49.8 Å². The maximum Gasteiger partial charge on any atom is 0.259 e. The maximum absolute atomic E-state index is 13.0. The summed E-state index contributed by atoms with van der Waals surface area (Å²) in [6.45, 7) is 5.96. The Morgan fingerprint density at radius 2 is 1.79 bits per heavy atom. The van der Waals surface area contributed by atoms with E-state index in [0.717, 1.165) is 11.3 Å². The van der Waals surface area contributed by atoms with Crippen LogP contribution in [0, 0.1) is 0 Å². The fraction of sp³-hybridized carbons (Fsp3) is 0.240. The third kappa shape index (κ3) is 4.90. The summed E-state index contributed by atoms with van der Waals surface area (Å²) < 4.78 is 12.7. The highest BCUT2D eigenvalue weighted by Gasteiger charge is 2.23. The molecule has 1 N–H and O–H groups in total. The van der Waals surface area contributed by atoms with Gasteiger partial charge in [-0.2, -0.15) is 5.10 Å². The second kappa shape index (κ2) is 10.0. The van der Waals surface area contributed by atoms with Gasteiger partial charge in [0.15, 0.2) is 11.5 Å². The number of para-hydroxylation sites is 1. The standard InChI is InChI=1S/C25H26N4O4/c1-3-28(4-2)25(31)20-17-26-29(19-8-6-5-7-9-19)24(20)27-23(30)13-11-18-10-12-21-22(16-18)33-15-14-32-21/h5-13,16-17H,3-4,14-15H2,1-2H3,(H,27,30)/b13-11-. The molecular weight excluding hydrogens is 420 g/mol. The number of amides is 2. The Morgan fingerprint density at radius 1 is 1.06 bits per heavy atom. The van der Waals surface area contributed by atoms with E-state index >= 15 is 0 Å². The molecule has 0 fully saturated rings. The number of nitrogens with one attached hydrogen (secondary N) is 1. The molecule has 4 rings (SSSR count). The number of fused-ring (bicyclic) bond motifs is 1. The van der Waals surface area contributed by atoms with Crippen molar-refractivity contribution in [2.75, 3.05) is 31.6 Å². The minimum Gasteiger partial charge on any atom is -0.486 e. The number of carbonyl (C=O) groups excluding carboxylic acids is 2. The molecule has 3 aromatic rings. The molecule has 8 nitrogen and oxygen atoms in total. The Labute approximate surface area is 192 Å². The molecule has 2 heterocycles. The van der Waals surface area contributed by atoms with Gasteiger partial charge in [0.1, 0.15) is 24.6 Å². The van der Waals surface area contributed by atoms with E-state index in [4.69, 9.17) is 9.47 Å². The Balaban J connectivity index is 1.60. The van der Waals surface area contributed by atoms with E-state index in [1.165, 1.54) is 12.3 Å². The summed E-state index contributed by atoms with van der Waals surface area (Å²) in [4.78, 5) is 27.6. The van der Waals surface area contributed by atoms with E-state index in [2.05, 4.69) is 10.4 Å². The lowest BCUT2D eigenvalue weighted by atomic mass is 10.2. The van der Waals surface area contributed by atoms with Crippen LogP contribution in [0.25, 0.3) is 11.8 Å². The summed E-state index contributed by atoms with van der Waals surface area (Å²) in [5.74, 6) is 1.10. The van der Waals surface area contributed by atoms with E-state index < -0.39 is 0 Å². The molecule has 0 saturated heterocycles. The first-order valence-electron chi connectivity index (χ1n) is 10.9. The molecule has 2 aromatic carbocycles. The minimum atomic E-state index is -0.379. The van der Waals surface area contributed by atoms with Gasteiger partial charge < -0.3 is 19.7 Å². The van der Waals surface area contributed by atoms with Crippen molar-refractivity contribution in [1.82, 2.24) is 14.7 Å². The van der Waals surface area contributed by atoms with E-state index in [9.17, 15) is 9.59 Å². The van der Waals surface area contributed by atoms with Crippen LogP contribution in [0.1, 0.15) is 29.8 Å². The number of carbonyl (C=O) groups is 2. The number of benzene rings is 2. The molecule has 0 radical (unpaired) electrons. The molecular formula is C25H26N4O4. The van der Waals surface area contributed by atoms with Crippen LogP contribution in [0.3, 0.4) is 0 Å². The summed E-state index contributed by atoms with van der Waals surface area (Å²) >= 11 is 0. The molecule has 1 aliphatic rings. The van der Waals surface area contributed by atoms with Crippen LogP contribution in [0.2, 0.25) is 0 Å². The smallest absolute Gasteiger partial charge is 0.259 e. The topological polar surface area (TPSA) is 85.7 Å². The summed E-state index contributed by atoms with van der Waals surface area (Å²) in [6.07, 6.45) is 4.59. The summed E-state index contributed by atoms with van der Waals surface area (Å²) in [6, 6.07) is 14.8. The first-order valence-corrected chi connectivity index (χ1v) is 10.9. The number of hydrogen-bond acceptors (Lipinski definition) is 5. The maximum atomic E-state index is 13.0. The number of aromatic nitrogens is 2. The van der Waals surface area contributed by atoms with Crippen LogP contribution in [0.5, 0.6) is 11.5 Å². The van der Waals surface area contributed by atoms with Crippen molar-refractivity contribution in [3.63, 3.8) is 0 Å². The minimum absolute atomic E-state index is 0.187. The van der Waals surface area contributed by atoms with E-state index in [1.54, 1.807) is 15.7 Å². The van der Waals surface area contributed by atoms with Crippen molar-refractivity contribution < 1.29 is 19.1 Å². The molecule has 0 atom stereocenters. The van der Waals surface area contributed by atoms with Crippen molar-refractivity contribution in [2.24, 2.45) is 0 Å². The zero-order valence-electron chi connectivity index (χ0n) is 18.7. The van der Waals surface area contributed by atoms with Crippen molar-refractivity contribution in [3.8, 4) is 17.2 Å². The molecule has 2 amide bonds. The van der Waals surface area contributed by atoms with Gasteiger partial charge >= 0.3 is 0 Å². The lowest BCUT2D eigenvalue weighted by Crippen LogP contribution is -2.31. The molecule has 170 valence electrons. The number of anilines is 1. The van der Waals surface area contributed by atoms with Gasteiger partial charge in [-0.15, -0.1) is 0 Å². The van der Waals surface area contributed by atoms with Crippen LogP contribution >= 0.6 is 0 Å². The molecule has 0 spiro atoms. The molecule has 0 unspecified atom stereocenters. The molecule has 1 aliphatic heterocycles. The molecule has 1 aromatic heterocycles. The lowest BCUT2D eigenvalue weighted by Gasteiger charge is -2.19. The SMILES string of the molecule is CCN(CC)C(=O)c1cnn(-c2ccccc2)c1NC(=O)/C=C\c1ccc2c(c1)OCCO2. The summed E-state index contributed by atoms with van der Waals surface area (Å²) in [7, 11) is 0. The lowest BCUT2D eigenvalue weighted by molar-refractivity contribution is -0.111. The molecule has 8 heteroatoms. The van der Waals surface area contributed by atoms with Gasteiger partial charge in [-0.3, -0.25) is 9.59 Å². The molecule has 0 saturated carbocycles. The van der Waals surface area contributed by atoms with Gasteiger partial charge in [0.25, 0.3) is 5.91 Å². The summed E-state index contributed by atoms with van der Waals surface area (Å²) in [5, 5.41) is 7.22. The Hall–Kier alpha value is -4.07. The highest BCUT2D eigenvalue weighted by molar-refractivity contribution is 6.07. The van der Waals surface area contributed by atoms with Gasteiger partial charge in [-0.1, -0.05) is 24.3 Å². The summed E-state index contributed by atoms with van der Waals surface area (Å²) in [5.41, 5.74) is 1.87. The third-order valence-corrected chi connectivity index (χ3v) is 5.29. The molecule has 33 heavy (non-hydrogen) atoms. The number of nitrogens with zero attached hydrogens (tertiary/aromatic N) is 3. The van der Waals surface area contributed by atoms with E-state index in [1.807, 2.05) is 62.4 Å². The predicted octanol–water partition coefficient (Wildman–Crippen LogP) is 3.78. The van der Waals surface area contributed by atoms with Crippen LogP contribution < -0.4 is 14.8 Å². The first-order chi connectivity index (χ1) is 16.1. The van der Waals surface area contributed by atoms with Crippen molar-refractivity contribution in [2.45, 2.75) is 13.8 Å². The molecule has 0 bridgehead atoms. The number of ether oxygens (including phenoxy) is 2. The fourth-order valence-corrected chi connectivity index (χ4v) is 3.57. The average Bonchev–Trinajstić information content (AvgIpc) is 3.27. The number of rotatable bonds is 7. The second-order valence-corrected chi connectivity index (χ2v) is 7.36. The second-order valence-electron chi connectivity index (χ2n) is 7.36. The first kappa shape index (κ1) is 22.1. The van der Waals surface area contributed by atoms with Crippen LogP contribution in [-0.2, 0) is 4.79 Å². The van der Waals surface area contributed by atoms with E-state index in [0.29, 0.717) is 49.2 Å². The van der Waals surface area contributed by atoms with Crippen molar-refractivity contribution in [3.05, 3.63) is 71.9 Å². The van der Waals surface area contributed by atoms with Gasteiger partial charge in [0, 0.05) is 19.2 Å². The molecule has 0 aliphatic carbocycles. The van der Waals surface area contributed by atoms with E-state index in [-0.39, 0.29) is 11.8 Å². The highest BCUT2D eigenvalue weighted by atomic mass is 16.6. The van der Waals surface area contributed by atoms with Crippen molar-refractivity contribution >= 4 is 23.7 Å². The zero-order valence-corrected chi connectivity index (χ0v) is 18.7. The van der Waals surface area contributed by atoms with Gasteiger partial charge in [0.05, 0.1) is 11.9 Å². The zero-order chi connectivity index (χ0) is 23.2. The normalized spacial score (nSPS) is 12.5. The fourth-order valence-electron chi connectivity index (χ4n) is 3.57. The Morgan fingerprint density at radius 3 is 2.52 bits per heavy atom. The van der Waals surface area contributed by atoms with Crippen molar-refractivity contribution in [1.29, 1.82) is 0 Å². The number of hydrogen-bond donors (Lipinski definition) is 1. The van der Waals surface area contributed by atoms with Gasteiger partial charge in [0.2, 0.25) is 5.91 Å². The predicted molar refractivity (Wildman–Crippen MR) is 126 cm³/mol. The van der Waals surface area contributed by atoms with Gasteiger partial charge in [-0.25, -0.2) is 4.68 Å². The monoisotopic (exact) mass is 446 g/mol. The third-order valence-electron chi connectivity index (χ3n) is 5.29. The highest BCUT2D eigenvalue weighted by Crippen LogP contribution is 2.31. The van der Waals surface area contributed by atoms with Crippen LogP contribution in [0.15, 0.2) is 60.8 Å². The largest absolute Gasteiger partial charge is 0.486 e. The van der Waals surface area contributed by atoms with Crippen LogP contribution in [-0.4, -0.2) is 52.8 Å². The average molecular weight is 447 g/mol.